The summed E-state index contributed by atoms with van der Waals surface area (Å²) in [6.45, 7) is 4.63. The molecule has 0 bridgehead atoms. The summed E-state index contributed by atoms with van der Waals surface area (Å²) in [6, 6.07) is 5.99. The summed E-state index contributed by atoms with van der Waals surface area (Å²) in [5, 5.41) is 0.971. The highest BCUT2D eigenvalue weighted by Gasteiger charge is 2.15. The number of aromatic nitrogens is 1. The molecular weight excluding hydrogens is 226 g/mol. The number of aryl methyl sites for hydroxylation is 2. The zero-order valence-corrected chi connectivity index (χ0v) is 11.2. The molecule has 0 unspecified atom stereocenters. The average Bonchev–Trinajstić information content (AvgIpc) is 2.68. The van der Waals surface area contributed by atoms with Crippen LogP contribution in [0.2, 0.25) is 0 Å². The van der Waals surface area contributed by atoms with Gasteiger partial charge in [-0.3, -0.25) is 0 Å². The molecule has 0 saturated heterocycles. The molecular formula is C15H19NO2. The first-order chi connectivity index (χ1) is 8.65. The lowest BCUT2D eigenvalue weighted by molar-refractivity contribution is 0.0502. The largest absolute Gasteiger partial charge is 0.462 e. The van der Waals surface area contributed by atoms with Crippen LogP contribution in [0.1, 0.15) is 35.7 Å². The maximum atomic E-state index is 12.0. The van der Waals surface area contributed by atoms with E-state index in [0.29, 0.717) is 12.2 Å². The third-order valence-corrected chi connectivity index (χ3v) is 3.15. The fourth-order valence-corrected chi connectivity index (χ4v) is 2.22. The molecule has 1 aromatic carbocycles. The van der Waals surface area contributed by atoms with Crippen LogP contribution >= 0.6 is 0 Å². The van der Waals surface area contributed by atoms with Crippen molar-refractivity contribution in [3.63, 3.8) is 0 Å². The van der Waals surface area contributed by atoms with Gasteiger partial charge in [-0.25, -0.2) is 4.79 Å². The molecule has 0 fully saturated rings. The first kappa shape index (κ1) is 12.7. The molecule has 0 amide bonds. The highest BCUT2D eigenvalue weighted by atomic mass is 16.5. The van der Waals surface area contributed by atoms with Crippen molar-refractivity contribution in [3.05, 3.63) is 35.5 Å². The first-order valence-electron chi connectivity index (χ1n) is 6.37. The smallest absolute Gasteiger partial charge is 0.340 e. The number of hydrogen-bond acceptors (Lipinski definition) is 2. The minimum atomic E-state index is -0.223. The van der Waals surface area contributed by atoms with Crippen LogP contribution in [0, 0.1) is 6.92 Å². The molecule has 0 atom stereocenters. The van der Waals surface area contributed by atoms with Crippen LogP contribution in [-0.2, 0) is 11.8 Å². The second kappa shape index (κ2) is 5.25. The van der Waals surface area contributed by atoms with Crippen LogP contribution < -0.4 is 0 Å². The van der Waals surface area contributed by atoms with E-state index in [9.17, 15) is 4.79 Å². The molecule has 2 aromatic rings. The van der Waals surface area contributed by atoms with E-state index in [4.69, 9.17) is 4.74 Å². The van der Waals surface area contributed by atoms with Crippen LogP contribution in [0.15, 0.2) is 24.4 Å². The molecule has 3 nitrogen and oxygen atoms in total. The predicted molar refractivity (Wildman–Crippen MR) is 72.8 cm³/mol. The zero-order valence-electron chi connectivity index (χ0n) is 11.2. The number of fused-ring (bicyclic) bond motifs is 1. The molecule has 18 heavy (non-hydrogen) atoms. The molecule has 0 saturated carbocycles. The van der Waals surface area contributed by atoms with Gasteiger partial charge in [0.05, 0.1) is 17.7 Å². The van der Waals surface area contributed by atoms with Crippen LogP contribution in [0.25, 0.3) is 10.9 Å². The molecule has 0 spiro atoms. The SMILES string of the molecule is CCCCOC(=O)c1cn(C)c2c(C)cccc12. The summed E-state index contributed by atoms with van der Waals surface area (Å²) < 4.78 is 7.26. The molecule has 3 heteroatoms. The fraction of sp³-hybridized carbons (Fsp3) is 0.400. The number of nitrogens with zero attached hydrogens (tertiary/aromatic N) is 1. The predicted octanol–water partition coefficient (Wildman–Crippen LogP) is 3.44. The maximum absolute atomic E-state index is 12.0. The molecule has 96 valence electrons. The quantitative estimate of drug-likeness (QED) is 0.610. The van der Waals surface area contributed by atoms with Crippen molar-refractivity contribution in [1.82, 2.24) is 4.57 Å². The average molecular weight is 245 g/mol. The van der Waals surface area contributed by atoms with E-state index in [2.05, 4.69) is 19.9 Å². The van der Waals surface area contributed by atoms with Crippen LogP contribution in [0.3, 0.4) is 0 Å². The Balaban J connectivity index is 2.34. The van der Waals surface area contributed by atoms with Gasteiger partial charge in [0.1, 0.15) is 0 Å². The summed E-state index contributed by atoms with van der Waals surface area (Å²) in [7, 11) is 1.96. The number of benzene rings is 1. The second-order valence-electron chi connectivity index (χ2n) is 4.61. The molecule has 0 radical (unpaired) electrons. The summed E-state index contributed by atoms with van der Waals surface area (Å²) >= 11 is 0. The monoisotopic (exact) mass is 245 g/mol. The number of ether oxygens (including phenoxy) is 1. The Bertz CT molecular complexity index is 569. The van der Waals surface area contributed by atoms with Crippen LogP contribution in [0.4, 0.5) is 0 Å². The Morgan fingerprint density at radius 2 is 2.17 bits per heavy atom. The highest BCUT2D eigenvalue weighted by Crippen LogP contribution is 2.24. The van der Waals surface area contributed by atoms with Crippen molar-refractivity contribution >= 4 is 16.9 Å². The Morgan fingerprint density at radius 1 is 1.39 bits per heavy atom. The van der Waals surface area contributed by atoms with E-state index in [1.165, 1.54) is 5.56 Å². The van der Waals surface area contributed by atoms with E-state index in [-0.39, 0.29) is 5.97 Å². The van der Waals surface area contributed by atoms with E-state index in [1.807, 2.05) is 29.9 Å². The van der Waals surface area contributed by atoms with Crippen molar-refractivity contribution < 1.29 is 9.53 Å². The Hall–Kier alpha value is -1.77. The lowest BCUT2D eigenvalue weighted by Gasteiger charge is -2.02. The molecule has 1 aromatic heterocycles. The van der Waals surface area contributed by atoms with E-state index >= 15 is 0 Å². The van der Waals surface area contributed by atoms with Gasteiger partial charge in [-0.05, 0) is 18.9 Å². The molecule has 0 aliphatic rings. The van der Waals surface area contributed by atoms with Crippen molar-refractivity contribution in [1.29, 1.82) is 0 Å². The Kier molecular flexibility index (Phi) is 3.70. The topological polar surface area (TPSA) is 31.2 Å². The third-order valence-electron chi connectivity index (χ3n) is 3.15. The maximum Gasteiger partial charge on any atom is 0.340 e. The fourth-order valence-electron chi connectivity index (χ4n) is 2.22. The molecule has 1 heterocycles. The minimum absolute atomic E-state index is 0.223. The summed E-state index contributed by atoms with van der Waals surface area (Å²) in [6.07, 6.45) is 3.80. The van der Waals surface area contributed by atoms with E-state index in [0.717, 1.165) is 23.7 Å². The zero-order chi connectivity index (χ0) is 13.1. The number of hydrogen-bond donors (Lipinski definition) is 0. The summed E-state index contributed by atoms with van der Waals surface area (Å²) in [4.78, 5) is 12.0. The lowest BCUT2D eigenvalue weighted by atomic mass is 10.1. The van der Waals surface area contributed by atoms with Crippen molar-refractivity contribution in [2.24, 2.45) is 7.05 Å². The lowest BCUT2D eigenvalue weighted by Crippen LogP contribution is -2.05. The normalized spacial score (nSPS) is 10.8. The van der Waals surface area contributed by atoms with Crippen molar-refractivity contribution in [2.75, 3.05) is 6.61 Å². The second-order valence-corrected chi connectivity index (χ2v) is 4.61. The summed E-state index contributed by atoms with van der Waals surface area (Å²) in [5.41, 5.74) is 2.93. The van der Waals surface area contributed by atoms with Gasteiger partial charge in [0, 0.05) is 18.6 Å². The van der Waals surface area contributed by atoms with Crippen molar-refractivity contribution in [2.45, 2.75) is 26.7 Å². The van der Waals surface area contributed by atoms with Crippen molar-refractivity contribution in [3.8, 4) is 0 Å². The Labute approximate surface area is 107 Å². The third kappa shape index (κ3) is 2.26. The Morgan fingerprint density at radius 3 is 2.89 bits per heavy atom. The number of carbonyl (C=O) groups is 1. The van der Waals surface area contributed by atoms with E-state index < -0.39 is 0 Å². The number of rotatable bonds is 4. The van der Waals surface area contributed by atoms with Gasteiger partial charge in [0.2, 0.25) is 0 Å². The van der Waals surface area contributed by atoms with Crippen LogP contribution in [-0.4, -0.2) is 17.1 Å². The number of carbonyl (C=O) groups excluding carboxylic acids is 1. The first-order valence-corrected chi connectivity index (χ1v) is 6.37. The minimum Gasteiger partial charge on any atom is -0.462 e. The molecule has 0 aliphatic carbocycles. The van der Waals surface area contributed by atoms with Gasteiger partial charge in [0.15, 0.2) is 0 Å². The van der Waals surface area contributed by atoms with Gasteiger partial charge in [-0.15, -0.1) is 0 Å². The highest BCUT2D eigenvalue weighted by molar-refractivity contribution is 6.05. The molecule has 2 rings (SSSR count). The number of esters is 1. The van der Waals surface area contributed by atoms with Gasteiger partial charge >= 0.3 is 5.97 Å². The van der Waals surface area contributed by atoms with Gasteiger partial charge < -0.3 is 9.30 Å². The van der Waals surface area contributed by atoms with Gasteiger partial charge in [-0.2, -0.15) is 0 Å². The number of para-hydroxylation sites is 1. The van der Waals surface area contributed by atoms with Gasteiger partial charge in [-0.1, -0.05) is 31.5 Å². The van der Waals surface area contributed by atoms with E-state index in [1.54, 1.807) is 0 Å². The summed E-state index contributed by atoms with van der Waals surface area (Å²) in [5.74, 6) is -0.223. The van der Waals surface area contributed by atoms with Crippen LogP contribution in [0.5, 0.6) is 0 Å². The van der Waals surface area contributed by atoms with Gasteiger partial charge in [0.25, 0.3) is 0 Å². The number of unbranched alkanes of at least 4 members (excludes halogenated alkanes) is 1. The molecule has 0 N–H and O–H groups in total. The molecule has 0 aliphatic heterocycles. The standard InChI is InChI=1S/C15H19NO2/c1-4-5-9-18-15(17)13-10-16(3)14-11(2)7-6-8-12(13)14/h6-8,10H,4-5,9H2,1-3H3.